The lowest BCUT2D eigenvalue weighted by atomic mass is 10.0. The number of aryl methyl sites for hydroxylation is 1. The van der Waals surface area contributed by atoms with E-state index in [1.807, 2.05) is 12.1 Å². The van der Waals surface area contributed by atoms with Crippen LogP contribution in [0.4, 0.5) is 26.3 Å². The van der Waals surface area contributed by atoms with E-state index in [1.54, 1.807) is 24.3 Å². The highest BCUT2D eigenvalue weighted by Crippen LogP contribution is 2.37. The highest BCUT2D eigenvalue weighted by Gasteiger charge is 2.59. The van der Waals surface area contributed by atoms with Gasteiger partial charge < -0.3 is 4.74 Å². The number of rotatable bonds is 6. The van der Waals surface area contributed by atoms with Crippen molar-refractivity contribution >= 4 is 0 Å². The first-order valence-electron chi connectivity index (χ1n) is 10.2. The number of hydrogen-bond acceptors (Lipinski definition) is 1. The molecule has 3 rings (SSSR count). The molecule has 3 aromatic rings. The highest BCUT2D eigenvalue weighted by atomic mass is 19.4. The van der Waals surface area contributed by atoms with Crippen molar-refractivity contribution in [2.45, 2.75) is 38.2 Å². The molecule has 0 spiro atoms. The standard InChI is InChI=1S/C26H20F6O/c1-2-3-18-4-6-19(7-5-18)8-9-20-10-12-21(13-11-20)22-14-16-23(17-15-22)33-26(31,32)24(27)25(28,29)30/h4-7,10-17,24H,2-3H2,1H3. The lowest BCUT2D eigenvalue weighted by molar-refractivity contribution is -0.304. The van der Waals surface area contributed by atoms with Crippen LogP contribution in [-0.4, -0.2) is 18.5 Å². The van der Waals surface area contributed by atoms with Crippen LogP contribution in [0, 0.1) is 11.8 Å². The molecule has 1 nitrogen and oxygen atoms in total. The van der Waals surface area contributed by atoms with Crippen molar-refractivity contribution in [1.82, 2.24) is 0 Å². The summed E-state index contributed by atoms with van der Waals surface area (Å²) in [6.45, 7) is 2.12. The molecule has 7 heteroatoms. The van der Waals surface area contributed by atoms with E-state index in [2.05, 4.69) is 35.6 Å². The Morgan fingerprint density at radius 2 is 1.18 bits per heavy atom. The Bertz CT molecular complexity index is 1110. The summed E-state index contributed by atoms with van der Waals surface area (Å²) in [6.07, 6.45) is -13.1. The summed E-state index contributed by atoms with van der Waals surface area (Å²) in [7, 11) is 0. The van der Waals surface area contributed by atoms with Crippen molar-refractivity contribution in [3.63, 3.8) is 0 Å². The van der Waals surface area contributed by atoms with Crippen molar-refractivity contribution in [3.8, 4) is 28.7 Å². The molecule has 0 aliphatic carbocycles. The molecule has 0 fully saturated rings. The van der Waals surface area contributed by atoms with E-state index in [-0.39, 0.29) is 0 Å². The average Bonchev–Trinajstić information content (AvgIpc) is 2.78. The molecule has 3 aromatic carbocycles. The van der Waals surface area contributed by atoms with Crippen molar-refractivity contribution in [3.05, 3.63) is 89.5 Å². The molecule has 0 bridgehead atoms. The Morgan fingerprint density at radius 1 is 0.727 bits per heavy atom. The molecule has 172 valence electrons. The topological polar surface area (TPSA) is 9.23 Å². The molecule has 0 saturated heterocycles. The van der Waals surface area contributed by atoms with Gasteiger partial charge in [0, 0.05) is 11.1 Å². The monoisotopic (exact) mass is 462 g/mol. The molecule has 1 unspecified atom stereocenters. The second kappa shape index (κ2) is 10.0. The van der Waals surface area contributed by atoms with Gasteiger partial charge in [-0.3, -0.25) is 0 Å². The van der Waals surface area contributed by atoms with Crippen molar-refractivity contribution in [1.29, 1.82) is 0 Å². The number of hydrogen-bond donors (Lipinski definition) is 0. The van der Waals surface area contributed by atoms with E-state index in [4.69, 9.17) is 0 Å². The highest BCUT2D eigenvalue weighted by molar-refractivity contribution is 5.65. The third-order valence-electron chi connectivity index (χ3n) is 4.75. The summed E-state index contributed by atoms with van der Waals surface area (Å²) >= 11 is 0. The molecular formula is C26H20F6O. The first kappa shape index (κ1) is 24.2. The van der Waals surface area contributed by atoms with Gasteiger partial charge in [-0.05, 0) is 59.5 Å². The lowest BCUT2D eigenvalue weighted by Crippen LogP contribution is -2.45. The van der Waals surface area contributed by atoms with Gasteiger partial charge in [0.1, 0.15) is 5.75 Å². The summed E-state index contributed by atoms with van der Waals surface area (Å²) < 4.78 is 80.3. The molecule has 0 saturated carbocycles. The van der Waals surface area contributed by atoms with Crippen LogP contribution in [0.5, 0.6) is 5.75 Å². The van der Waals surface area contributed by atoms with Crippen molar-refractivity contribution < 1.29 is 31.1 Å². The van der Waals surface area contributed by atoms with E-state index in [9.17, 15) is 26.3 Å². The fourth-order valence-corrected chi connectivity index (χ4v) is 3.05. The predicted octanol–water partition coefficient (Wildman–Crippen LogP) is 7.58. The van der Waals surface area contributed by atoms with Crippen LogP contribution in [0.3, 0.4) is 0 Å². The Hall–Kier alpha value is -3.40. The third kappa shape index (κ3) is 6.55. The fourth-order valence-electron chi connectivity index (χ4n) is 3.05. The number of benzene rings is 3. The van der Waals surface area contributed by atoms with Crippen LogP contribution in [0.25, 0.3) is 11.1 Å². The summed E-state index contributed by atoms with van der Waals surface area (Å²) in [5, 5.41) is 0. The Labute approximate surface area is 188 Å². The molecule has 0 N–H and O–H groups in total. The van der Waals surface area contributed by atoms with Gasteiger partial charge in [-0.2, -0.15) is 22.0 Å². The van der Waals surface area contributed by atoms with E-state index in [0.717, 1.165) is 41.7 Å². The van der Waals surface area contributed by atoms with Crippen molar-refractivity contribution in [2.75, 3.05) is 0 Å². The van der Waals surface area contributed by atoms with Crippen LogP contribution in [0.1, 0.15) is 30.0 Å². The van der Waals surface area contributed by atoms with Crippen LogP contribution in [0.15, 0.2) is 72.8 Å². The van der Waals surface area contributed by atoms with Gasteiger partial charge in [0.2, 0.25) is 0 Å². The van der Waals surface area contributed by atoms with Crippen LogP contribution in [0.2, 0.25) is 0 Å². The zero-order valence-corrected chi connectivity index (χ0v) is 17.6. The average molecular weight is 462 g/mol. The van der Waals surface area contributed by atoms with Gasteiger partial charge in [0.05, 0.1) is 0 Å². The van der Waals surface area contributed by atoms with E-state index >= 15 is 0 Å². The van der Waals surface area contributed by atoms with Gasteiger partial charge in [0.15, 0.2) is 0 Å². The summed E-state index contributed by atoms with van der Waals surface area (Å²) in [6, 6.07) is 20.1. The number of alkyl halides is 6. The molecule has 0 amide bonds. The zero-order chi connectivity index (χ0) is 24.1. The molecule has 0 aliphatic heterocycles. The smallest absolute Gasteiger partial charge is 0.430 e. The first-order chi connectivity index (χ1) is 15.6. The summed E-state index contributed by atoms with van der Waals surface area (Å²) in [5.74, 6) is 5.58. The SMILES string of the molecule is CCCc1ccc(C#Cc2ccc(-c3ccc(OC(F)(F)C(F)C(F)(F)F)cc3)cc2)cc1. The minimum atomic E-state index is -5.73. The Morgan fingerprint density at radius 3 is 1.64 bits per heavy atom. The quantitative estimate of drug-likeness (QED) is 0.271. The normalized spacial score (nSPS) is 12.6. The zero-order valence-electron chi connectivity index (χ0n) is 17.6. The second-order valence-corrected chi connectivity index (χ2v) is 7.37. The van der Waals surface area contributed by atoms with Gasteiger partial charge in [-0.25, -0.2) is 4.39 Å². The van der Waals surface area contributed by atoms with Gasteiger partial charge in [0.25, 0.3) is 6.17 Å². The lowest BCUT2D eigenvalue weighted by Gasteiger charge is -2.23. The van der Waals surface area contributed by atoms with Crippen LogP contribution in [-0.2, 0) is 6.42 Å². The second-order valence-electron chi connectivity index (χ2n) is 7.37. The molecule has 33 heavy (non-hydrogen) atoms. The molecule has 0 aliphatic rings. The maximum Gasteiger partial charge on any atom is 0.439 e. The first-order valence-corrected chi connectivity index (χ1v) is 10.2. The third-order valence-corrected chi connectivity index (χ3v) is 4.75. The summed E-state index contributed by atoms with van der Waals surface area (Å²) in [4.78, 5) is 0. The van der Waals surface area contributed by atoms with Crippen LogP contribution >= 0.6 is 0 Å². The number of halogens is 6. The van der Waals surface area contributed by atoms with Crippen LogP contribution < -0.4 is 4.74 Å². The molecular weight excluding hydrogens is 442 g/mol. The molecule has 0 aromatic heterocycles. The van der Waals surface area contributed by atoms with Gasteiger partial charge in [-0.1, -0.05) is 61.6 Å². The minimum absolute atomic E-state index is 0.580. The maximum absolute atomic E-state index is 13.4. The number of ether oxygens (including phenoxy) is 1. The maximum atomic E-state index is 13.4. The van der Waals surface area contributed by atoms with Gasteiger partial charge >= 0.3 is 12.3 Å². The van der Waals surface area contributed by atoms with E-state index < -0.39 is 24.2 Å². The molecule has 0 radical (unpaired) electrons. The Kier molecular flexibility index (Phi) is 7.37. The van der Waals surface area contributed by atoms with Gasteiger partial charge in [-0.15, -0.1) is 0 Å². The molecule has 0 heterocycles. The minimum Gasteiger partial charge on any atom is -0.430 e. The van der Waals surface area contributed by atoms with E-state index in [1.165, 1.54) is 17.7 Å². The largest absolute Gasteiger partial charge is 0.439 e. The van der Waals surface area contributed by atoms with Crippen molar-refractivity contribution in [2.24, 2.45) is 0 Å². The fraction of sp³-hybridized carbons (Fsp3) is 0.231. The Balaban J connectivity index is 1.67. The molecule has 1 atom stereocenters. The van der Waals surface area contributed by atoms with E-state index in [0.29, 0.717) is 5.56 Å². The predicted molar refractivity (Wildman–Crippen MR) is 115 cm³/mol. The summed E-state index contributed by atoms with van der Waals surface area (Å²) in [5.41, 5.74) is 4.28.